The lowest BCUT2D eigenvalue weighted by Gasteiger charge is -2.22. The van der Waals surface area contributed by atoms with Crippen LogP contribution in [0.3, 0.4) is 0 Å². The monoisotopic (exact) mass is 175 g/mol. The topological polar surface area (TPSA) is 69.5 Å². The Labute approximate surface area is 75.6 Å². The number of Topliss-reactive ketones (excluding diaryl/α,β-unsaturated/α-hetero) is 1. The van der Waals surface area contributed by atoms with Gasteiger partial charge in [-0.2, -0.15) is 10.4 Å². The molecule has 4 heteroatoms. The molecule has 0 unspecified atom stereocenters. The molecule has 1 heterocycles. The lowest BCUT2D eigenvalue weighted by molar-refractivity contribution is 0.0850. The van der Waals surface area contributed by atoms with E-state index in [1.165, 1.54) is 6.07 Å². The largest absolute Gasteiger partial charge is 0.292 e. The molecule has 0 spiro atoms. The number of aromatic nitrogens is 2. The highest BCUT2D eigenvalue weighted by Crippen LogP contribution is 2.29. The van der Waals surface area contributed by atoms with Crippen molar-refractivity contribution in [1.29, 1.82) is 5.26 Å². The average Bonchev–Trinajstić information content (AvgIpc) is 2.48. The van der Waals surface area contributed by atoms with Crippen LogP contribution in [0.15, 0.2) is 6.07 Å². The molecule has 1 N–H and O–H groups in total. The number of nitrogens with one attached hydrogen (secondary N) is 1. The Kier molecular flexibility index (Phi) is 1.85. The van der Waals surface area contributed by atoms with Gasteiger partial charge in [0, 0.05) is 12.0 Å². The van der Waals surface area contributed by atoms with Crippen LogP contribution in [0.5, 0.6) is 0 Å². The number of nitrogens with zero attached hydrogens (tertiary/aromatic N) is 2. The standard InChI is InChI=1S/C9H9N3O/c10-5-7-4-8(12-11-7)9(13)6-2-1-3-6/h4,6H,1-3H2,(H,11,12). The van der Waals surface area contributed by atoms with Crippen molar-refractivity contribution < 1.29 is 4.79 Å². The van der Waals surface area contributed by atoms with Crippen molar-refractivity contribution in [3.05, 3.63) is 17.5 Å². The summed E-state index contributed by atoms with van der Waals surface area (Å²) in [4.78, 5) is 11.6. The van der Waals surface area contributed by atoms with Crippen LogP contribution in [-0.2, 0) is 0 Å². The fourth-order valence-electron chi connectivity index (χ4n) is 1.40. The molecule has 0 radical (unpaired) electrons. The van der Waals surface area contributed by atoms with Gasteiger partial charge in [0.1, 0.15) is 11.8 Å². The van der Waals surface area contributed by atoms with E-state index in [1.54, 1.807) is 0 Å². The highest BCUT2D eigenvalue weighted by atomic mass is 16.1. The molecule has 1 aromatic rings. The van der Waals surface area contributed by atoms with Crippen LogP contribution in [0.4, 0.5) is 0 Å². The number of rotatable bonds is 2. The second-order valence-corrected chi connectivity index (χ2v) is 3.27. The van der Waals surface area contributed by atoms with Crippen LogP contribution >= 0.6 is 0 Å². The predicted molar refractivity (Wildman–Crippen MR) is 45.0 cm³/mol. The van der Waals surface area contributed by atoms with Gasteiger partial charge in [0.2, 0.25) is 0 Å². The maximum absolute atomic E-state index is 11.6. The van der Waals surface area contributed by atoms with Crippen molar-refractivity contribution in [3.8, 4) is 6.07 Å². The highest BCUT2D eigenvalue weighted by Gasteiger charge is 2.27. The van der Waals surface area contributed by atoms with E-state index in [-0.39, 0.29) is 17.4 Å². The molecule has 13 heavy (non-hydrogen) atoms. The van der Waals surface area contributed by atoms with E-state index in [0.717, 1.165) is 19.3 Å². The molecule has 0 atom stereocenters. The van der Waals surface area contributed by atoms with Gasteiger partial charge in [0.15, 0.2) is 11.5 Å². The molecular formula is C9H9N3O. The summed E-state index contributed by atoms with van der Waals surface area (Å²) in [6.07, 6.45) is 3.08. The zero-order chi connectivity index (χ0) is 9.26. The van der Waals surface area contributed by atoms with E-state index in [1.807, 2.05) is 6.07 Å². The van der Waals surface area contributed by atoms with Crippen molar-refractivity contribution in [2.45, 2.75) is 19.3 Å². The number of nitriles is 1. The van der Waals surface area contributed by atoms with E-state index in [0.29, 0.717) is 5.69 Å². The third-order valence-corrected chi connectivity index (χ3v) is 2.43. The Balaban J connectivity index is 2.16. The Bertz CT molecular complexity index is 370. The van der Waals surface area contributed by atoms with Gasteiger partial charge in [-0.05, 0) is 12.8 Å². The molecular weight excluding hydrogens is 166 g/mol. The number of carbonyl (C=O) groups is 1. The SMILES string of the molecule is N#Cc1cc(C(=O)C2CCC2)[nH]n1. The first kappa shape index (κ1) is 7.99. The molecule has 1 aromatic heterocycles. The van der Waals surface area contributed by atoms with E-state index < -0.39 is 0 Å². The molecule has 4 nitrogen and oxygen atoms in total. The van der Waals surface area contributed by atoms with Crippen LogP contribution in [0.2, 0.25) is 0 Å². The Morgan fingerprint density at radius 3 is 2.92 bits per heavy atom. The molecule has 1 fully saturated rings. The third-order valence-electron chi connectivity index (χ3n) is 2.43. The normalized spacial score (nSPS) is 16.2. The van der Waals surface area contributed by atoms with Crippen LogP contribution in [0, 0.1) is 17.2 Å². The van der Waals surface area contributed by atoms with Crippen LogP contribution in [0.1, 0.15) is 35.4 Å². The van der Waals surface area contributed by atoms with Gasteiger partial charge >= 0.3 is 0 Å². The fraction of sp³-hybridized carbons (Fsp3) is 0.444. The quantitative estimate of drug-likeness (QED) is 0.688. The summed E-state index contributed by atoms with van der Waals surface area (Å²) >= 11 is 0. The minimum atomic E-state index is 0.0975. The second kappa shape index (κ2) is 3.02. The molecule has 1 saturated carbocycles. The third kappa shape index (κ3) is 1.33. The minimum Gasteiger partial charge on any atom is -0.292 e. The van der Waals surface area contributed by atoms with Crippen LogP contribution < -0.4 is 0 Å². The number of hydrogen-bond acceptors (Lipinski definition) is 3. The molecule has 66 valence electrons. The van der Waals surface area contributed by atoms with Gasteiger partial charge in [-0.1, -0.05) is 6.42 Å². The van der Waals surface area contributed by atoms with Gasteiger partial charge in [-0.3, -0.25) is 9.89 Å². The maximum atomic E-state index is 11.6. The first-order valence-corrected chi connectivity index (χ1v) is 4.31. The Morgan fingerprint density at radius 2 is 2.46 bits per heavy atom. The zero-order valence-electron chi connectivity index (χ0n) is 7.08. The number of H-pyrrole nitrogens is 1. The Hall–Kier alpha value is -1.63. The summed E-state index contributed by atoms with van der Waals surface area (Å²) in [5.41, 5.74) is 0.754. The van der Waals surface area contributed by atoms with Gasteiger partial charge in [0.25, 0.3) is 0 Å². The molecule has 2 rings (SSSR count). The van der Waals surface area contributed by atoms with Gasteiger partial charge in [-0.15, -0.1) is 0 Å². The van der Waals surface area contributed by atoms with Gasteiger partial charge < -0.3 is 0 Å². The zero-order valence-corrected chi connectivity index (χ0v) is 7.08. The summed E-state index contributed by atoms with van der Waals surface area (Å²) in [5, 5.41) is 14.8. The van der Waals surface area contributed by atoms with Crippen molar-refractivity contribution in [3.63, 3.8) is 0 Å². The van der Waals surface area contributed by atoms with Gasteiger partial charge in [-0.25, -0.2) is 0 Å². The molecule has 1 aliphatic carbocycles. The van der Waals surface area contributed by atoms with Crippen LogP contribution in [-0.4, -0.2) is 16.0 Å². The highest BCUT2D eigenvalue weighted by molar-refractivity contribution is 5.96. The lowest BCUT2D eigenvalue weighted by atomic mass is 9.81. The van der Waals surface area contributed by atoms with E-state index in [2.05, 4.69) is 10.2 Å². The summed E-state index contributed by atoms with van der Waals surface area (Å²) in [5.74, 6) is 0.257. The summed E-state index contributed by atoms with van der Waals surface area (Å²) in [6.45, 7) is 0. The molecule has 0 bridgehead atoms. The summed E-state index contributed by atoms with van der Waals surface area (Å²) in [6, 6.07) is 3.40. The number of carbonyl (C=O) groups excluding carboxylic acids is 1. The molecule has 0 saturated heterocycles. The first-order valence-electron chi connectivity index (χ1n) is 4.31. The van der Waals surface area contributed by atoms with Crippen molar-refractivity contribution in [1.82, 2.24) is 10.2 Å². The molecule has 0 amide bonds. The second-order valence-electron chi connectivity index (χ2n) is 3.27. The molecule has 0 aliphatic heterocycles. The van der Waals surface area contributed by atoms with Crippen molar-refractivity contribution in [2.75, 3.05) is 0 Å². The predicted octanol–water partition coefficient (Wildman–Crippen LogP) is 1.26. The van der Waals surface area contributed by atoms with Gasteiger partial charge in [0.05, 0.1) is 0 Å². The maximum Gasteiger partial charge on any atom is 0.183 e. The smallest absolute Gasteiger partial charge is 0.183 e. The molecule has 1 aliphatic rings. The van der Waals surface area contributed by atoms with E-state index >= 15 is 0 Å². The van der Waals surface area contributed by atoms with E-state index in [4.69, 9.17) is 5.26 Å². The number of hydrogen-bond donors (Lipinski definition) is 1. The molecule has 0 aromatic carbocycles. The average molecular weight is 175 g/mol. The van der Waals surface area contributed by atoms with Crippen molar-refractivity contribution in [2.24, 2.45) is 5.92 Å². The fourth-order valence-corrected chi connectivity index (χ4v) is 1.40. The van der Waals surface area contributed by atoms with Crippen LogP contribution in [0.25, 0.3) is 0 Å². The minimum absolute atomic E-state index is 0.0975. The van der Waals surface area contributed by atoms with E-state index in [9.17, 15) is 4.79 Å². The summed E-state index contributed by atoms with van der Waals surface area (Å²) in [7, 11) is 0. The number of ketones is 1. The van der Waals surface area contributed by atoms with Crippen molar-refractivity contribution >= 4 is 5.78 Å². The Morgan fingerprint density at radius 1 is 1.69 bits per heavy atom. The lowest BCUT2D eigenvalue weighted by Crippen LogP contribution is -2.22. The first-order chi connectivity index (χ1) is 6.31. The summed E-state index contributed by atoms with van der Waals surface area (Å²) < 4.78 is 0. The number of aromatic amines is 1.